The van der Waals surface area contributed by atoms with Crippen LogP contribution in [0.15, 0.2) is 28.7 Å². The van der Waals surface area contributed by atoms with Gasteiger partial charge in [0.25, 0.3) is 0 Å². The first-order chi connectivity index (χ1) is 7.98. The van der Waals surface area contributed by atoms with Gasteiger partial charge in [0.15, 0.2) is 0 Å². The van der Waals surface area contributed by atoms with E-state index in [1.54, 1.807) is 0 Å². The van der Waals surface area contributed by atoms with Crippen LogP contribution in [0, 0.1) is 0 Å². The number of nitrogens with one attached hydrogen (secondary N) is 1. The minimum Gasteiger partial charge on any atom is -0.371 e. The molecular formula is C14H21BrN2. The normalized spacial score (nSPS) is 23.4. The molecule has 1 fully saturated rings. The van der Waals surface area contributed by atoms with Gasteiger partial charge >= 0.3 is 0 Å². The van der Waals surface area contributed by atoms with Crippen LogP contribution < -0.4 is 10.2 Å². The zero-order valence-electron chi connectivity index (χ0n) is 10.8. The molecule has 94 valence electrons. The van der Waals surface area contributed by atoms with Crippen molar-refractivity contribution in [2.45, 2.75) is 38.3 Å². The molecule has 0 aromatic heterocycles. The van der Waals surface area contributed by atoms with Gasteiger partial charge in [-0.1, -0.05) is 22.0 Å². The van der Waals surface area contributed by atoms with Gasteiger partial charge in [-0.3, -0.25) is 0 Å². The fourth-order valence-electron chi connectivity index (χ4n) is 2.58. The van der Waals surface area contributed by atoms with Crippen LogP contribution in [0.2, 0.25) is 0 Å². The molecule has 1 atom stereocenters. The van der Waals surface area contributed by atoms with Crippen LogP contribution in [-0.2, 0) is 0 Å². The summed E-state index contributed by atoms with van der Waals surface area (Å²) in [5, 5.41) is 3.57. The summed E-state index contributed by atoms with van der Waals surface area (Å²) in [5.41, 5.74) is 1.55. The van der Waals surface area contributed by atoms with Crippen molar-refractivity contribution >= 4 is 21.6 Å². The van der Waals surface area contributed by atoms with Crippen molar-refractivity contribution in [1.29, 1.82) is 0 Å². The van der Waals surface area contributed by atoms with Gasteiger partial charge < -0.3 is 10.2 Å². The number of halogens is 1. The number of hydrogen-bond acceptors (Lipinski definition) is 2. The zero-order valence-corrected chi connectivity index (χ0v) is 12.4. The summed E-state index contributed by atoms with van der Waals surface area (Å²) in [6, 6.07) is 9.17. The first kappa shape index (κ1) is 12.9. The Bertz CT molecular complexity index is 390. The lowest BCUT2D eigenvalue weighted by Crippen LogP contribution is -2.52. The largest absolute Gasteiger partial charge is 0.371 e. The van der Waals surface area contributed by atoms with Crippen molar-refractivity contribution in [2.75, 3.05) is 18.5 Å². The number of anilines is 1. The molecule has 1 heterocycles. The van der Waals surface area contributed by atoms with E-state index in [0.717, 1.165) is 11.0 Å². The van der Waals surface area contributed by atoms with E-state index in [2.05, 4.69) is 71.3 Å². The maximum atomic E-state index is 3.57. The molecule has 1 aliphatic rings. The second kappa shape index (κ2) is 4.99. The second-order valence-electron chi connectivity index (χ2n) is 5.55. The third-order valence-corrected chi connectivity index (χ3v) is 4.08. The Morgan fingerprint density at radius 3 is 2.82 bits per heavy atom. The van der Waals surface area contributed by atoms with Gasteiger partial charge in [0, 0.05) is 28.8 Å². The molecule has 1 saturated heterocycles. The minimum absolute atomic E-state index is 0.253. The number of benzene rings is 1. The Morgan fingerprint density at radius 1 is 1.41 bits per heavy atom. The van der Waals surface area contributed by atoms with Crippen molar-refractivity contribution in [3.05, 3.63) is 28.7 Å². The van der Waals surface area contributed by atoms with E-state index in [-0.39, 0.29) is 5.54 Å². The zero-order chi connectivity index (χ0) is 12.5. The molecule has 0 spiro atoms. The maximum Gasteiger partial charge on any atom is 0.0377 e. The molecule has 2 nitrogen and oxygen atoms in total. The molecule has 2 rings (SSSR count). The van der Waals surface area contributed by atoms with Gasteiger partial charge in [-0.15, -0.1) is 0 Å². The predicted molar refractivity (Wildman–Crippen MR) is 77.6 cm³/mol. The molecule has 0 amide bonds. The lowest BCUT2D eigenvalue weighted by atomic mass is 9.88. The molecule has 0 radical (unpaired) electrons. The first-order valence-electron chi connectivity index (χ1n) is 6.21. The van der Waals surface area contributed by atoms with Gasteiger partial charge in [-0.2, -0.15) is 0 Å². The van der Waals surface area contributed by atoms with Crippen LogP contribution in [0.4, 0.5) is 5.69 Å². The van der Waals surface area contributed by atoms with Crippen molar-refractivity contribution in [3.8, 4) is 0 Å². The van der Waals surface area contributed by atoms with E-state index in [0.29, 0.717) is 6.04 Å². The Kier molecular flexibility index (Phi) is 3.79. The molecule has 3 heteroatoms. The van der Waals surface area contributed by atoms with Crippen LogP contribution in [-0.4, -0.2) is 25.2 Å². The first-order valence-corrected chi connectivity index (χ1v) is 7.01. The van der Waals surface area contributed by atoms with E-state index < -0.39 is 0 Å². The number of nitrogens with zero attached hydrogens (tertiary/aromatic N) is 1. The van der Waals surface area contributed by atoms with Crippen LogP contribution in [0.5, 0.6) is 0 Å². The molecule has 1 unspecified atom stereocenters. The standard InChI is InChI=1S/C14H21BrN2/c1-14(2)10-13(7-8-16-14)17(3)12-6-4-5-11(15)9-12/h4-6,9,13,16H,7-8,10H2,1-3H3. The third kappa shape index (κ3) is 3.23. The average Bonchev–Trinajstić information content (AvgIpc) is 2.26. The van der Waals surface area contributed by atoms with E-state index >= 15 is 0 Å². The smallest absolute Gasteiger partial charge is 0.0377 e. The summed E-state index contributed by atoms with van der Waals surface area (Å²) in [7, 11) is 2.20. The summed E-state index contributed by atoms with van der Waals surface area (Å²) in [6.07, 6.45) is 2.41. The van der Waals surface area contributed by atoms with Crippen molar-refractivity contribution in [2.24, 2.45) is 0 Å². The topological polar surface area (TPSA) is 15.3 Å². The SMILES string of the molecule is CN(c1cccc(Br)c1)C1CCNC(C)(C)C1. The van der Waals surface area contributed by atoms with Gasteiger partial charge in [0.05, 0.1) is 0 Å². The Balaban J connectivity index is 2.12. The van der Waals surface area contributed by atoms with Gasteiger partial charge in [-0.05, 0) is 51.4 Å². The molecule has 0 saturated carbocycles. The van der Waals surface area contributed by atoms with Crippen LogP contribution >= 0.6 is 15.9 Å². The van der Waals surface area contributed by atoms with Crippen molar-refractivity contribution in [1.82, 2.24) is 5.32 Å². The fourth-order valence-corrected chi connectivity index (χ4v) is 2.96. The Morgan fingerprint density at radius 2 is 2.18 bits per heavy atom. The molecule has 1 N–H and O–H groups in total. The van der Waals surface area contributed by atoms with Gasteiger partial charge in [-0.25, -0.2) is 0 Å². The maximum absolute atomic E-state index is 3.57. The molecule has 17 heavy (non-hydrogen) atoms. The molecule has 0 bridgehead atoms. The number of piperidine rings is 1. The highest BCUT2D eigenvalue weighted by Gasteiger charge is 2.29. The molecular weight excluding hydrogens is 276 g/mol. The molecule has 1 aromatic rings. The lowest BCUT2D eigenvalue weighted by Gasteiger charge is -2.41. The Hall–Kier alpha value is -0.540. The number of rotatable bonds is 2. The molecule has 1 aromatic carbocycles. The molecule has 0 aliphatic carbocycles. The highest BCUT2D eigenvalue weighted by Crippen LogP contribution is 2.27. The summed E-state index contributed by atoms with van der Waals surface area (Å²) < 4.78 is 1.15. The lowest BCUT2D eigenvalue weighted by molar-refractivity contribution is 0.272. The number of hydrogen-bond donors (Lipinski definition) is 1. The van der Waals surface area contributed by atoms with Gasteiger partial charge in [0.1, 0.15) is 0 Å². The van der Waals surface area contributed by atoms with E-state index in [1.807, 2.05) is 0 Å². The van der Waals surface area contributed by atoms with Crippen LogP contribution in [0.3, 0.4) is 0 Å². The minimum atomic E-state index is 0.253. The quantitative estimate of drug-likeness (QED) is 0.900. The highest BCUT2D eigenvalue weighted by atomic mass is 79.9. The molecule has 1 aliphatic heterocycles. The third-order valence-electron chi connectivity index (χ3n) is 3.59. The summed E-state index contributed by atoms with van der Waals surface area (Å²) in [4.78, 5) is 2.41. The Labute approximate surface area is 113 Å². The van der Waals surface area contributed by atoms with Gasteiger partial charge in [0.2, 0.25) is 0 Å². The van der Waals surface area contributed by atoms with Crippen molar-refractivity contribution < 1.29 is 0 Å². The summed E-state index contributed by atoms with van der Waals surface area (Å²) in [5.74, 6) is 0. The second-order valence-corrected chi connectivity index (χ2v) is 6.46. The highest BCUT2D eigenvalue weighted by molar-refractivity contribution is 9.10. The predicted octanol–water partition coefficient (Wildman–Crippen LogP) is 3.42. The van der Waals surface area contributed by atoms with Crippen LogP contribution in [0.1, 0.15) is 26.7 Å². The monoisotopic (exact) mass is 296 g/mol. The average molecular weight is 297 g/mol. The van der Waals surface area contributed by atoms with E-state index in [1.165, 1.54) is 18.5 Å². The fraction of sp³-hybridized carbons (Fsp3) is 0.571. The summed E-state index contributed by atoms with van der Waals surface area (Å²) >= 11 is 3.54. The van der Waals surface area contributed by atoms with Crippen LogP contribution in [0.25, 0.3) is 0 Å². The van der Waals surface area contributed by atoms with E-state index in [4.69, 9.17) is 0 Å². The van der Waals surface area contributed by atoms with Crippen molar-refractivity contribution in [3.63, 3.8) is 0 Å². The van der Waals surface area contributed by atoms with E-state index in [9.17, 15) is 0 Å². The summed E-state index contributed by atoms with van der Waals surface area (Å²) in [6.45, 7) is 5.68.